The van der Waals surface area contributed by atoms with Gasteiger partial charge in [0.05, 0.1) is 6.04 Å². The number of aryl methyl sites for hydroxylation is 2. The summed E-state index contributed by atoms with van der Waals surface area (Å²) < 4.78 is 0. The zero-order valence-corrected chi connectivity index (χ0v) is 14.7. The van der Waals surface area contributed by atoms with Gasteiger partial charge in [0.1, 0.15) is 11.6 Å². The molecule has 1 aromatic rings. The molecule has 0 heterocycles. The van der Waals surface area contributed by atoms with Crippen molar-refractivity contribution in [3.8, 4) is 6.07 Å². The first-order valence-electron chi connectivity index (χ1n) is 8.92. The second-order valence-corrected chi connectivity index (χ2v) is 6.41. The minimum atomic E-state index is -0.327. The van der Waals surface area contributed by atoms with Crippen LogP contribution in [0.25, 0.3) is 0 Å². The van der Waals surface area contributed by atoms with Crippen molar-refractivity contribution in [2.45, 2.75) is 58.4 Å². The van der Waals surface area contributed by atoms with Crippen molar-refractivity contribution in [1.29, 1.82) is 5.26 Å². The summed E-state index contributed by atoms with van der Waals surface area (Å²) in [6.45, 7) is 4.83. The Morgan fingerprint density at radius 1 is 1.33 bits per heavy atom. The van der Waals surface area contributed by atoms with E-state index >= 15 is 0 Å². The van der Waals surface area contributed by atoms with E-state index in [0.717, 1.165) is 37.8 Å². The number of amides is 1. The van der Waals surface area contributed by atoms with E-state index in [1.807, 2.05) is 13.0 Å². The monoisotopic (exact) mass is 325 g/mol. The lowest BCUT2D eigenvalue weighted by Crippen LogP contribution is -2.28. The number of benzene rings is 1. The molecule has 1 unspecified atom stereocenters. The molecule has 1 aliphatic rings. The van der Waals surface area contributed by atoms with Crippen LogP contribution in [-0.4, -0.2) is 12.5 Å². The highest BCUT2D eigenvalue weighted by molar-refractivity contribution is 5.97. The Hall–Kier alpha value is -2.28. The lowest BCUT2D eigenvalue weighted by Gasteiger charge is -2.20. The molecule has 1 aliphatic carbocycles. The van der Waals surface area contributed by atoms with E-state index in [0.29, 0.717) is 0 Å². The van der Waals surface area contributed by atoms with Crippen LogP contribution in [0, 0.1) is 11.3 Å². The van der Waals surface area contributed by atoms with Gasteiger partial charge < -0.3 is 10.6 Å². The van der Waals surface area contributed by atoms with E-state index < -0.39 is 0 Å². The van der Waals surface area contributed by atoms with Crippen molar-refractivity contribution in [2.24, 2.45) is 0 Å². The standard InChI is InChI=1S/C20H27N3O/c1-3-4-11-22-14-19(13-21)20(24)23-15(2)17-10-9-16-7-5-6-8-18(16)12-17/h9-10,12,14-15,22H,3-8,11H2,1-2H3,(H,23,24)/b19-14-. The summed E-state index contributed by atoms with van der Waals surface area (Å²) in [6, 6.07) is 8.33. The quantitative estimate of drug-likeness (QED) is 0.458. The fourth-order valence-electron chi connectivity index (χ4n) is 2.98. The normalized spacial score (nSPS) is 15.1. The Balaban J connectivity index is 1.98. The summed E-state index contributed by atoms with van der Waals surface area (Å²) in [7, 11) is 0. The molecule has 4 nitrogen and oxygen atoms in total. The van der Waals surface area contributed by atoms with Gasteiger partial charge in [0.15, 0.2) is 0 Å². The topological polar surface area (TPSA) is 64.9 Å². The van der Waals surface area contributed by atoms with Gasteiger partial charge in [-0.3, -0.25) is 4.79 Å². The van der Waals surface area contributed by atoms with Gasteiger partial charge >= 0.3 is 0 Å². The molecule has 128 valence electrons. The molecule has 1 amide bonds. The first kappa shape index (κ1) is 18.1. The lowest BCUT2D eigenvalue weighted by molar-refractivity contribution is -0.117. The van der Waals surface area contributed by atoms with E-state index in [1.165, 1.54) is 30.2 Å². The third-order valence-corrected chi connectivity index (χ3v) is 4.51. The fraction of sp³-hybridized carbons (Fsp3) is 0.500. The molecule has 1 aromatic carbocycles. The summed E-state index contributed by atoms with van der Waals surface area (Å²) in [5.74, 6) is -0.327. The summed E-state index contributed by atoms with van der Waals surface area (Å²) in [4.78, 5) is 12.3. The smallest absolute Gasteiger partial charge is 0.263 e. The molecule has 0 saturated carbocycles. The number of unbranched alkanes of at least 4 members (excludes halogenated alkanes) is 1. The third kappa shape index (κ3) is 4.86. The minimum Gasteiger partial charge on any atom is -0.390 e. The second-order valence-electron chi connectivity index (χ2n) is 6.41. The largest absolute Gasteiger partial charge is 0.390 e. The average molecular weight is 325 g/mol. The highest BCUT2D eigenvalue weighted by Gasteiger charge is 2.16. The van der Waals surface area contributed by atoms with Crippen molar-refractivity contribution in [3.05, 3.63) is 46.7 Å². The molecule has 0 aliphatic heterocycles. The molecule has 2 N–H and O–H groups in total. The van der Waals surface area contributed by atoms with Crippen molar-refractivity contribution in [3.63, 3.8) is 0 Å². The van der Waals surface area contributed by atoms with Crippen LogP contribution in [0.2, 0.25) is 0 Å². The molecule has 0 radical (unpaired) electrons. The Labute approximate surface area is 144 Å². The van der Waals surface area contributed by atoms with Gasteiger partial charge in [0, 0.05) is 12.7 Å². The molecular weight excluding hydrogens is 298 g/mol. The Bertz CT molecular complexity index is 643. The molecule has 4 heteroatoms. The molecule has 0 aromatic heterocycles. The summed E-state index contributed by atoms with van der Waals surface area (Å²) in [5, 5.41) is 15.1. The number of nitriles is 1. The molecule has 24 heavy (non-hydrogen) atoms. The Kier molecular flexibility index (Phi) is 6.87. The maximum absolute atomic E-state index is 12.3. The molecular formula is C20H27N3O. The van der Waals surface area contributed by atoms with E-state index in [9.17, 15) is 10.1 Å². The van der Waals surface area contributed by atoms with Gasteiger partial charge in [-0.05, 0) is 55.7 Å². The van der Waals surface area contributed by atoms with Gasteiger partial charge in [-0.25, -0.2) is 0 Å². The summed E-state index contributed by atoms with van der Waals surface area (Å²) in [5.41, 5.74) is 4.05. The zero-order valence-electron chi connectivity index (χ0n) is 14.7. The van der Waals surface area contributed by atoms with Crippen LogP contribution in [0.3, 0.4) is 0 Å². The van der Waals surface area contributed by atoms with Crippen LogP contribution in [0.1, 0.15) is 62.3 Å². The number of carbonyl (C=O) groups excluding carboxylic acids is 1. The predicted molar refractivity (Wildman–Crippen MR) is 96.2 cm³/mol. The van der Waals surface area contributed by atoms with E-state index in [4.69, 9.17) is 0 Å². The third-order valence-electron chi connectivity index (χ3n) is 4.51. The molecule has 0 saturated heterocycles. The summed E-state index contributed by atoms with van der Waals surface area (Å²) >= 11 is 0. The van der Waals surface area contributed by atoms with Gasteiger partial charge in [-0.2, -0.15) is 5.26 Å². The van der Waals surface area contributed by atoms with Crippen molar-refractivity contribution >= 4 is 5.91 Å². The Morgan fingerprint density at radius 3 is 2.79 bits per heavy atom. The zero-order chi connectivity index (χ0) is 17.4. The molecule has 0 bridgehead atoms. The van der Waals surface area contributed by atoms with Gasteiger partial charge in [-0.15, -0.1) is 0 Å². The number of nitrogens with one attached hydrogen (secondary N) is 2. The number of nitrogens with zero attached hydrogens (tertiary/aromatic N) is 1. The molecule has 0 spiro atoms. The number of carbonyl (C=O) groups is 1. The first-order chi connectivity index (χ1) is 11.7. The van der Waals surface area contributed by atoms with Crippen LogP contribution in [0.4, 0.5) is 0 Å². The second kappa shape index (κ2) is 9.12. The van der Waals surface area contributed by atoms with Crippen LogP contribution in [0.5, 0.6) is 0 Å². The van der Waals surface area contributed by atoms with Crippen molar-refractivity contribution < 1.29 is 4.79 Å². The fourth-order valence-corrected chi connectivity index (χ4v) is 2.98. The van der Waals surface area contributed by atoms with Crippen LogP contribution >= 0.6 is 0 Å². The lowest BCUT2D eigenvalue weighted by atomic mass is 9.89. The van der Waals surface area contributed by atoms with Gasteiger partial charge in [0.25, 0.3) is 5.91 Å². The number of hydrogen-bond acceptors (Lipinski definition) is 3. The minimum absolute atomic E-state index is 0.114. The number of hydrogen-bond donors (Lipinski definition) is 2. The maximum atomic E-state index is 12.3. The van der Waals surface area contributed by atoms with Crippen molar-refractivity contribution in [2.75, 3.05) is 6.54 Å². The summed E-state index contributed by atoms with van der Waals surface area (Å²) in [6.07, 6.45) is 8.38. The molecule has 0 fully saturated rings. The van der Waals surface area contributed by atoms with Crippen LogP contribution in [0.15, 0.2) is 30.0 Å². The van der Waals surface area contributed by atoms with E-state index in [2.05, 4.69) is 35.8 Å². The SMILES string of the molecule is CCCCN/C=C(/C#N)C(=O)NC(C)c1ccc2c(c1)CCCC2. The van der Waals surface area contributed by atoms with E-state index in [-0.39, 0.29) is 17.5 Å². The molecule has 1 atom stereocenters. The highest BCUT2D eigenvalue weighted by Crippen LogP contribution is 2.24. The number of fused-ring (bicyclic) bond motifs is 1. The maximum Gasteiger partial charge on any atom is 0.263 e. The van der Waals surface area contributed by atoms with Crippen molar-refractivity contribution in [1.82, 2.24) is 10.6 Å². The van der Waals surface area contributed by atoms with Crippen LogP contribution in [-0.2, 0) is 17.6 Å². The van der Waals surface area contributed by atoms with Gasteiger partial charge in [0.2, 0.25) is 0 Å². The molecule has 2 rings (SSSR count). The van der Waals surface area contributed by atoms with E-state index in [1.54, 1.807) is 0 Å². The van der Waals surface area contributed by atoms with Gasteiger partial charge in [-0.1, -0.05) is 31.5 Å². The number of rotatable bonds is 7. The van der Waals surface area contributed by atoms with Crippen LogP contribution < -0.4 is 10.6 Å². The Morgan fingerprint density at radius 2 is 2.08 bits per heavy atom. The first-order valence-corrected chi connectivity index (χ1v) is 8.92. The predicted octanol–water partition coefficient (Wildman–Crippen LogP) is 3.54. The highest BCUT2D eigenvalue weighted by atomic mass is 16.1. The average Bonchev–Trinajstić information content (AvgIpc) is 2.61.